The van der Waals surface area contributed by atoms with Gasteiger partial charge in [0, 0.05) is 11.0 Å². The Morgan fingerprint density at radius 3 is 2.69 bits per heavy atom. The first kappa shape index (κ1) is 19.9. The summed E-state index contributed by atoms with van der Waals surface area (Å²) in [5, 5.41) is 8.59. The Morgan fingerprint density at radius 1 is 1.31 bits per heavy atom. The lowest BCUT2D eigenvalue weighted by molar-refractivity contribution is 0.126. The average molecular weight is 442 g/mol. The summed E-state index contributed by atoms with van der Waals surface area (Å²) in [6, 6.07) is 7.25. The van der Waals surface area contributed by atoms with E-state index in [9.17, 15) is 4.79 Å². The van der Waals surface area contributed by atoms with Gasteiger partial charge in [0.1, 0.15) is 6.10 Å². The van der Waals surface area contributed by atoms with Crippen LogP contribution in [0.3, 0.4) is 0 Å². The quantitative estimate of drug-likeness (QED) is 0.533. The molecule has 0 saturated carbocycles. The number of carbonyl (C=O) groups excluding carboxylic acids is 1. The maximum atomic E-state index is 11.9. The Kier molecular flexibility index (Phi) is 7.61. The molecule has 0 fully saturated rings. The van der Waals surface area contributed by atoms with Gasteiger partial charge in [0.25, 0.3) is 0 Å². The van der Waals surface area contributed by atoms with E-state index in [1.165, 1.54) is 0 Å². The molecule has 1 aromatic carbocycles. The van der Waals surface area contributed by atoms with Crippen molar-refractivity contribution in [1.29, 1.82) is 0 Å². The maximum Gasteiger partial charge on any atom is 0.411 e. The van der Waals surface area contributed by atoms with Crippen molar-refractivity contribution < 1.29 is 9.53 Å². The van der Waals surface area contributed by atoms with Gasteiger partial charge in [-0.2, -0.15) is 15.0 Å². The second kappa shape index (κ2) is 9.93. The molecule has 0 bridgehead atoms. The van der Waals surface area contributed by atoms with Crippen molar-refractivity contribution in [2.75, 3.05) is 29.0 Å². The van der Waals surface area contributed by atoms with Crippen LogP contribution in [-0.4, -0.2) is 40.2 Å². The number of nitrogens with one attached hydrogen (secondary N) is 3. The van der Waals surface area contributed by atoms with Gasteiger partial charge in [0.15, 0.2) is 0 Å². The normalized spacial score (nSPS) is 11.3. The van der Waals surface area contributed by atoms with Crippen molar-refractivity contribution >= 4 is 51.2 Å². The number of benzene rings is 1. The molecule has 10 heteroatoms. The number of aromatic nitrogens is 3. The molecule has 0 radical (unpaired) electrons. The fraction of sp³-hybridized carbons (Fsp3) is 0.250. The zero-order valence-corrected chi connectivity index (χ0v) is 16.3. The first-order valence-corrected chi connectivity index (χ1v) is 8.87. The molecule has 138 valence electrons. The third-order valence-electron chi connectivity index (χ3n) is 2.98. The first-order valence-electron chi connectivity index (χ1n) is 7.70. The van der Waals surface area contributed by atoms with Gasteiger partial charge in [-0.05, 0) is 46.6 Å². The molecule has 0 spiro atoms. The predicted octanol–water partition coefficient (Wildman–Crippen LogP) is 3.93. The Hall–Kier alpha value is -2.39. The second-order valence-corrected chi connectivity index (χ2v) is 6.32. The SMILES string of the molecule is C=CCNc1nc(Cl)nc(NCC(C)OC(=O)Nc2ccccc2Br)n1. The fourth-order valence-corrected chi connectivity index (χ4v) is 2.38. The number of rotatable bonds is 8. The lowest BCUT2D eigenvalue weighted by atomic mass is 10.3. The molecular weight excluding hydrogens is 424 g/mol. The number of nitrogens with zero attached hydrogens (tertiary/aromatic N) is 3. The van der Waals surface area contributed by atoms with Crippen LogP contribution >= 0.6 is 27.5 Å². The van der Waals surface area contributed by atoms with E-state index < -0.39 is 12.2 Å². The third-order valence-corrected chi connectivity index (χ3v) is 3.84. The molecule has 26 heavy (non-hydrogen) atoms. The lowest BCUT2D eigenvalue weighted by Gasteiger charge is -2.15. The second-order valence-electron chi connectivity index (χ2n) is 5.12. The van der Waals surface area contributed by atoms with E-state index in [0.717, 1.165) is 4.47 Å². The average Bonchev–Trinajstić information content (AvgIpc) is 2.60. The zero-order valence-electron chi connectivity index (χ0n) is 14.0. The van der Waals surface area contributed by atoms with Crippen LogP contribution in [0.15, 0.2) is 41.4 Å². The molecule has 2 aromatic rings. The fourth-order valence-electron chi connectivity index (χ4n) is 1.83. The highest BCUT2D eigenvalue weighted by Crippen LogP contribution is 2.21. The number of halogens is 2. The topological polar surface area (TPSA) is 101 Å². The van der Waals surface area contributed by atoms with Crippen LogP contribution < -0.4 is 16.0 Å². The van der Waals surface area contributed by atoms with Gasteiger partial charge in [0.05, 0.1) is 12.2 Å². The molecule has 8 nitrogen and oxygen atoms in total. The molecule has 0 aliphatic heterocycles. The largest absolute Gasteiger partial charge is 0.444 e. The van der Waals surface area contributed by atoms with Gasteiger partial charge in [-0.15, -0.1) is 6.58 Å². The van der Waals surface area contributed by atoms with Gasteiger partial charge >= 0.3 is 6.09 Å². The molecule has 2 rings (SSSR count). The summed E-state index contributed by atoms with van der Waals surface area (Å²) in [6.07, 6.45) is 0.676. The highest BCUT2D eigenvalue weighted by molar-refractivity contribution is 9.10. The van der Waals surface area contributed by atoms with E-state index >= 15 is 0 Å². The highest BCUT2D eigenvalue weighted by Gasteiger charge is 2.12. The summed E-state index contributed by atoms with van der Waals surface area (Å²) in [4.78, 5) is 24.0. The maximum absolute atomic E-state index is 11.9. The number of carbonyl (C=O) groups is 1. The number of anilines is 3. The monoisotopic (exact) mass is 440 g/mol. The summed E-state index contributed by atoms with van der Waals surface area (Å²) in [5.41, 5.74) is 0.625. The summed E-state index contributed by atoms with van der Waals surface area (Å²) in [7, 11) is 0. The van der Waals surface area contributed by atoms with Crippen LogP contribution in [0.2, 0.25) is 5.28 Å². The van der Waals surface area contributed by atoms with Gasteiger partial charge in [-0.3, -0.25) is 5.32 Å². The van der Waals surface area contributed by atoms with Crippen molar-refractivity contribution in [2.24, 2.45) is 0 Å². The van der Waals surface area contributed by atoms with Crippen molar-refractivity contribution in [1.82, 2.24) is 15.0 Å². The van der Waals surface area contributed by atoms with E-state index in [4.69, 9.17) is 16.3 Å². The molecule has 1 amide bonds. The van der Waals surface area contributed by atoms with Crippen molar-refractivity contribution in [2.45, 2.75) is 13.0 Å². The number of hydrogen-bond donors (Lipinski definition) is 3. The van der Waals surface area contributed by atoms with Crippen molar-refractivity contribution in [3.63, 3.8) is 0 Å². The summed E-state index contributed by atoms with van der Waals surface area (Å²) < 4.78 is 6.06. The number of amides is 1. The van der Waals surface area contributed by atoms with Crippen molar-refractivity contribution in [3.05, 3.63) is 46.7 Å². The standard InChI is InChI=1S/C16H18BrClN6O2/c1-3-8-19-14-22-13(18)23-15(24-14)20-9-10(2)26-16(25)21-12-7-5-4-6-11(12)17/h3-7,10H,1,8-9H2,2H3,(H,21,25)(H2,19,20,22,23,24). The summed E-state index contributed by atoms with van der Waals surface area (Å²) in [6.45, 7) is 6.14. The molecule has 1 aromatic heterocycles. The Labute approximate surface area is 164 Å². The van der Waals surface area contributed by atoms with Crippen LogP contribution in [0.5, 0.6) is 0 Å². The minimum Gasteiger partial charge on any atom is -0.444 e. The zero-order chi connectivity index (χ0) is 18.9. The molecule has 1 unspecified atom stereocenters. The van der Waals surface area contributed by atoms with Gasteiger partial charge in [0.2, 0.25) is 17.2 Å². The Morgan fingerprint density at radius 2 is 2.00 bits per heavy atom. The van der Waals surface area contributed by atoms with Gasteiger partial charge in [-0.1, -0.05) is 18.2 Å². The van der Waals surface area contributed by atoms with Gasteiger partial charge < -0.3 is 15.4 Å². The number of ether oxygens (including phenoxy) is 1. The molecule has 1 heterocycles. The first-order chi connectivity index (χ1) is 12.5. The van der Waals surface area contributed by atoms with E-state index in [0.29, 0.717) is 24.7 Å². The Balaban J connectivity index is 1.85. The van der Waals surface area contributed by atoms with E-state index in [1.807, 2.05) is 18.2 Å². The molecule has 1 atom stereocenters. The van der Waals surface area contributed by atoms with E-state index in [-0.39, 0.29) is 11.2 Å². The molecule has 0 aliphatic rings. The molecule has 0 saturated heterocycles. The molecule has 0 aliphatic carbocycles. The minimum absolute atomic E-state index is 0.0503. The molecule has 3 N–H and O–H groups in total. The van der Waals surface area contributed by atoms with Crippen LogP contribution in [0.25, 0.3) is 0 Å². The predicted molar refractivity (Wildman–Crippen MR) is 106 cm³/mol. The lowest BCUT2D eigenvalue weighted by Crippen LogP contribution is -2.27. The minimum atomic E-state index is -0.562. The van der Waals surface area contributed by atoms with E-state index in [2.05, 4.69) is 53.4 Å². The highest BCUT2D eigenvalue weighted by atomic mass is 79.9. The Bertz CT molecular complexity index is 776. The van der Waals surface area contributed by atoms with Gasteiger partial charge in [-0.25, -0.2) is 4.79 Å². The molecular formula is C16H18BrClN6O2. The van der Waals surface area contributed by atoms with Crippen LogP contribution in [0.1, 0.15) is 6.92 Å². The summed E-state index contributed by atoms with van der Waals surface area (Å²) in [5.74, 6) is 0.603. The number of hydrogen-bond acceptors (Lipinski definition) is 7. The smallest absolute Gasteiger partial charge is 0.411 e. The van der Waals surface area contributed by atoms with Crippen LogP contribution in [0, 0.1) is 0 Å². The van der Waals surface area contributed by atoms with Crippen LogP contribution in [0.4, 0.5) is 22.4 Å². The summed E-state index contributed by atoms with van der Waals surface area (Å²) >= 11 is 9.22. The van der Waals surface area contributed by atoms with E-state index in [1.54, 1.807) is 19.1 Å². The van der Waals surface area contributed by atoms with Crippen molar-refractivity contribution in [3.8, 4) is 0 Å². The van der Waals surface area contributed by atoms with Crippen LogP contribution in [-0.2, 0) is 4.74 Å². The number of para-hydroxylation sites is 1. The third kappa shape index (κ3) is 6.49.